The van der Waals surface area contributed by atoms with Gasteiger partial charge in [0.1, 0.15) is 11.5 Å². The van der Waals surface area contributed by atoms with Crippen LogP contribution in [0, 0.1) is 0 Å². The molecule has 0 aliphatic carbocycles. The van der Waals surface area contributed by atoms with Crippen molar-refractivity contribution in [1.29, 1.82) is 0 Å². The number of thioether (sulfide) groups is 1. The van der Waals surface area contributed by atoms with Gasteiger partial charge in [-0.2, -0.15) is 0 Å². The molecule has 1 aromatic carbocycles. The van der Waals surface area contributed by atoms with Crippen molar-refractivity contribution in [3.8, 4) is 11.5 Å². The lowest BCUT2D eigenvalue weighted by Gasteiger charge is -2.16. The summed E-state index contributed by atoms with van der Waals surface area (Å²) in [7, 11) is 0. The van der Waals surface area contributed by atoms with Crippen LogP contribution >= 0.6 is 11.8 Å². The Morgan fingerprint density at radius 1 is 1.11 bits per heavy atom. The highest BCUT2D eigenvalue weighted by atomic mass is 32.2. The predicted octanol–water partition coefficient (Wildman–Crippen LogP) is 3.44. The van der Waals surface area contributed by atoms with E-state index in [9.17, 15) is 4.79 Å². The van der Waals surface area contributed by atoms with E-state index in [0.717, 1.165) is 22.0 Å². The third-order valence-corrected chi connectivity index (χ3v) is 3.38. The summed E-state index contributed by atoms with van der Waals surface area (Å²) < 4.78 is 11.5. The van der Waals surface area contributed by atoms with E-state index in [4.69, 9.17) is 9.47 Å². The van der Waals surface area contributed by atoms with Crippen molar-refractivity contribution in [3.05, 3.63) is 17.7 Å². The van der Waals surface area contributed by atoms with Crippen LogP contribution < -0.4 is 9.47 Å². The van der Waals surface area contributed by atoms with Crippen LogP contribution in [0.1, 0.15) is 33.3 Å². The molecule has 0 amide bonds. The minimum absolute atomic E-state index is 0.0871. The number of ether oxygens (including phenoxy) is 2. The molecule has 0 aromatic heterocycles. The molecule has 1 aromatic rings. The molecule has 0 bridgehead atoms. The number of hydrogen-bond acceptors (Lipinski definition) is 4. The molecule has 1 aliphatic rings. The van der Waals surface area contributed by atoms with Crippen LogP contribution in [0.4, 0.5) is 0 Å². The second kappa shape index (κ2) is 5.22. The molecule has 2 rings (SSSR count). The summed E-state index contributed by atoms with van der Waals surface area (Å²) in [6, 6.07) is 3.82. The first-order valence-electron chi connectivity index (χ1n) is 6.16. The van der Waals surface area contributed by atoms with Crippen LogP contribution in [-0.2, 0) is 11.2 Å². The van der Waals surface area contributed by atoms with Crippen molar-refractivity contribution in [3.63, 3.8) is 0 Å². The van der Waals surface area contributed by atoms with Crippen LogP contribution in [0.15, 0.2) is 17.0 Å². The SMILES string of the molecule is CC(C)Oc1cc(OC(C)C)c2c(c1)SC(=O)C2. The molecular weight excluding hydrogens is 248 g/mol. The number of rotatable bonds is 4. The zero-order valence-electron chi connectivity index (χ0n) is 11.1. The topological polar surface area (TPSA) is 35.5 Å². The zero-order chi connectivity index (χ0) is 13.3. The minimum atomic E-state index is 0.0871. The molecule has 0 fully saturated rings. The van der Waals surface area contributed by atoms with Gasteiger partial charge >= 0.3 is 0 Å². The van der Waals surface area contributed by atoms with Crippen LogP contribution in [0.5, 0.6) is 11.5 Å². The molecule has 98 valence electrons. The minimum Gasteiger partial charge on any atom is -0.491 e. The number of benzene rings is 1. The van der Waals surface area contributed by atoms with Crippen LogP contribution in [0.3, 0.4) is 0 Å². The molecule has 0 saturated heterocycles. The van der Waals surface area contributed by atoms with Crippen LogP contribution in [-0.4, -0.2) is 17.3 Å². The number of carbonyl (C=O) groups is 1. The maximum Gasteiger partial charge on any atom is 0.198 e. The first-order chi connectivity index (χ1) is 8.45. The normalized spacial score (nSPS) is 14.2. The summed E-state index contributed by atoms with van der Waals surface area (Å²) in [4.78, 5) is 12.5. The van der Waals surface area contributed by atoms with E-state index in [-0.39, 0.29) is 17.3 Å². The Kier molecular flexibility index (Phi) is 3.85. The second-order valence-corrected chi connectivity index (χ2v) is 5.98. The quantitative estimate of drug-likeness (QED) is 0.836. The molecule has 0 unspecified atom stereocenters. The molecule has 18 heavy (non-hydrogen) atoms. The molecule has 4 heteroatoms. The van der Waals surface area contributed by atoms with Crippen LogP contribution in [0.2, 0.25) is 0 Å². The smallest absolute Gasteiger partial charge is 0.198 e. The van der Waals surface area contributed by atoms with E-state index in [0.29, 0.717) is 6.42 Å². The molecular formula is C14H18O3S. The molecule has 1 heterocycles. The Bertz CT molecular complexity index is 466. The third kappa shape index (κ3) is 2.99. The van der Waals surface area contributed by atoms with Gasteiger partial charge in [0.15, 0.2) is 5.12 Å². The average Bonchev–Trinajstić information content (AvgIpc) is 2.56. The Balaban J connectivity index is 2.37. The van der Waals surface area contributed by atoms with Crippen molar-refractivity contribution >= 4 is 16.9 Å². The molecule has 0 N–H and O–H groups in total. The number of hydrogen-bond donors (Lipinski definition) is 0. The van der Waals surface area contributed by atoms with Gasteiger partial charge in [-0.25, -0.2) is 0 Å². The van der Waals surface area contributed by atoms with Gasteiger partial charge in [0, 0.05) is 22.9 Å². The summed E-state index contributed by atoms with van der Waals surface area (Å²) >= 11 is 1.27. The maximum absolute atomic E-state index is 11.5. The Labute approximate surface area is 112 Å². The van der Waals surface area contributed by atoms with Crippen molar-refractivity contribution in [2.75, 3.05) is 0 Å². The predicted molar refractivity (Wildman–Crippen MR) is 72.5 cm³/mol. The second-order valence-electron chi connectivity index (χ2n) is 4.88. The largest absolute Gasteiger partial charge is 0.491 e. The Hall–Kier alpha value is -1.16. The third-order valence-electron chi connectivity index (χ3n) is 2.42. The molecule has 0 saturated carbocycles. The fourth-order valence-corrected chi connectivity index (χ4v) is 2.80. The molecule has 0 spiro atoms. The summed E-state index contributed by atoms with van der Waals surface area (Å²) in [6.07, 6.45) is 0.644. The summed E-state index contributed by atoms with van der Waals surface area (Å²) in [5.41, 5.74) is 0.995. The Morgan fingerprint density at radius 2 is 1.78 bits per heavy atom. The molecule has 3 nitrogen and oxygen atoms in total. The molecule has 0 radical (unpaired) electrons. The lowest BCUT2D eigenvalue weighted by atomic mass is 10.1. The summed E-state index contributed by atoms with van der Waals surface area (Å²) in [5.74, 6) is 1.54. The van der Waals surface area contributed by atoms with Gasteiger partial charge < -0.3 is 9.47 Å². The lowest BCUT2D eigenvalue weighted by Crippen LogP contribution is -2.09. The highest BCUT2D eigenvalue weighted by Gasteiger charge is 2.25. The van der Waals surface area contributed by atoms with Gasteiger partial charge in [0.25, 0.3) is 0 Å². The fraction of sp³-hybridized carbons (Fsp3) is 0.500. The summed E-state index contributed by atoms with van der Waals surface area (Å²) in [6.45, 7) is 7.92. The van der Waals surface area contributed by atoms with Crippen molar-refractivity contribution in [1.82, 2.24) is 0 Å². The zero-order valence-corrected chi connectivity index (χ0v) is 12.0. The van der Waals surface area contributed by atoms with Gasteiger partial charge in [-0.05, 0) is 33.8 Å². The monoisotopic (exact) mass is 266 g/mol. The number of carbonyl (C=O) groups excluding carboxylic acids is 1. The van der Waals surface area contributed by atoms with Gasteiger partial charge in [0.2, 0.25) is 0 Å². The van der Waals surface area contributed by atoms with E-state index >= 15 is 0 Å². The van der Waals surface area contributed by atoms with Gasteiger partial charge in [-0.15, -0.1) is 0 Å². The van der Waals surface area contributed by atoms with E-state index in [1.165, 1.54) is 11.8 Å². The fourth-order valence-electron chi connectivity index (χ4n) is 1.86. The maximum atomic E-state index is 11.5. The van der Waals surface area contributed by atoms with E-state index in [2.05, 4.69) is 0 Å². The van der Waals surface area contributed by atoms with Gasteiger partial charge in [-0.3, -0.25) is 4.79 Å². The summed E-state index contributed by atoms with van der Waals surface area (Å²) in [5, 5.41) is 0.167. The first kappa shape index (κ1) is 13.3. The highest BCUT2D eigenvalue weighted by Crippen LogP contribution is 2.41. The standard InChI is InChI=1S/C14H18O3S/c1-8(2)16-10-5-12(17-9(3)4)11-7-14(15)18-13(11)6-10/h5-6,8-9H,7H2,1-4H3. The first-order valence-corrected chi connectivity index (χ1v) is 6.98. The van der Waals surface area contributed by atoms with Crippen molar-refractivity contribution < 1.29 is 14.3 Å². The highest BCUT2D eigenvalue weighted by molar-refractivity contribution is 8.14. The average molecular weight is 266 g/mol. The van der Waals surface area contributed by atoms with Crippen molar-refractivity contribution in [2.45, 2.75) is 51.2 Å². The van der Waals surface area contributed by atoms with Crippen LogP contribution in [0.25, 0.3) is 0 Å². The molecule has 1 aliphatic heterocycles. The molecule has 0 atom stereocenters. The van der Waals surface area contributed by atoms with E-state index in [1.807, 2.05) is 39.8 Å². The number of fused-ring (bicyclic) bond motifs is 1. The Morgan fingerprint density at radius 3 is 2.39 bits per heavy atom. The van der Waals surface area contributed by atoms with Gasteiger partial charge in [0.05, 0.1) is 12.2 Å². The lowest BCUT2D eigenvalue weighted by molar-refractivity contribution is -0.110. The van der Waals surface area contributed by atoms with E-state index in [1.54, 1.807) is 0 Å². The van der Waals surface area contributed by atoms with E-state index < -0.39 is 0 Å². The van der Waals surface area contributed by atoms with Crippen molar-refractivity contribution in [2.24, 2.45) is 0 Å². The van der Waals surface area contributed by atoms with Gasteiger partial charge in [-0.1, -0.05) is 11.8 Å².